The molecule has 0 aromatic carbocycles. The van der Waals surface area contributed by atoms with Gasteiger partial charge in [-0.25, -0.2) is 17.4 Å². The molecule has 0 atom stereocenters. The van der Waals surface area contributed by atoms with Crippen molar-refractivity contribution in [1.29, 1.82) is 0 Å². The zero-order valence-corrected chi connectivity index (χ0v) is 14.3. The van der Waals surface area contributed by atoms with E-state index in [4.69, 9.17) is 5.73 Å². The number of hydrogen-bond donors (Lipinski definition) is 2. The number of nitrogens with zero attached hydrogens (tertiary/aromatic N) is 5. The van der Waals surface area contributed by atoms with Gasteiger partial charge >= 0.3 is 0 Å². The summed E-state index contributed by atoms with van der Waals surface area (Å²) in [6, 6.07) is 3.72. The van der Waals surface area contributed by atoms with Gasteiger partial charge in [0.25, 0.3) is 0 Å². The van der Waals surface area contributed by atoms with Crippen molar-refractivity contribution in [3.05, 3.63) is 24.5 Å². The smallest absolute Gasteiger partial charge is 0.224 e. The second-order valence-electron chi connectivity index (χ2n) is 5.64. The normalized spacial score (nSPS) is 17.0. The van der Waals surface area contributed by atoms with E-state index in [0.29, 0.717) is 24.7 Å². The number of nitrogen functional groups attached to an aromatic ring is 1. The van der Waals surface area contributed by atoms with E-state index in [-0.39, 0.29) is 17.7 Å². The molecule has 10 heteroatoms. The van der Waals surface area contributed by atoms with Gasteiger partial charge in [0.1, 0.15) is 5.82 Å². The summed E-state index contributed by atoms with van der Waals surface area (Å²) in [6.45, 7) is 2.70. The van der Waals surface area contributed by atoms with Crippen molar-refractivity contribution >= 4 is 21.8 Å². The van der Waals surface area contributed by atoms with E-state index in [9.17, 15) is 8.42 Å². The molecular weight excluding hydrogens is 330 g/mol. The first-order chi connectivity index (χ1) is 11.5. The monoisotopic (exact) mass is 351 g/mol. The molecule has 0 unspecified atom stereocenters. The Morgan fingerprint density at radius 3 is 2.71 bits per heavy atom. The van der Waals surface area contributed by atoms with Crippen LogP contribution < -0.4 is 11.1 Å². The Balaban J connectivity index is 1.67. The van der Waals surface area contributed by atoms with Gasteiger partial charge in [-0.15, -0.1) is 0 Å². The van der Waals surface area contributed by atoms with Gasteiger partial charge in [0.2, 0.25) is 16.0 Å². The van der Waals surface area contributed by atoms with Gasteiger partial charge in [-0.05, 0) is 25.8 Å². The van der Waals surface area contributed by atoms with Crippen LogP contribution in [0.3, 0.4) is 0 Å². The van der Waals surface area contributed by atoms with Crippen LogP contribution in [0.4, 0.5) is 11.8 Å². The molecule has 1 aliphatic heterocycles. The molecule has 0 spiro atoms. The summed E-state index contributed by atoms with van der Waals surface area (Å²) < 4.78 is 27.0. The first-order valence-electron chi connectivity index (χ1n) is 7.87. The van der Waals surface area contributed by atoms with Gasteiger partial charge in [-0.1, -0.05) is 0 Å². The fourth-order valence-corrected chi connectivity index (χ4v) is 3.85. The van der Waals surface area contributed by atoms with Crippen LogP contribution in [-0.2, 0) is 10.0 Å². The average molecular weight is 351 g/mol. The molecule has 9 nitrogen and oxygen atoms in total. The molecule has 130 valence electrons. The van der Waals surface area contributed by atoms with Crippen LogP contribution in [0.2, 0.25) is 0 Å². The summed E-state index contributed by atoms with van der Waals surface area (Å²) in [5, 5.41) is 7.45. The number of nitrogens with one attached hydrogen (secondary N) is 1. The highest BCUT2D eigenvalue weighted by Crippen LogP contribution is 2.19. The molecule has 1 fully saturated rings. The molecule has 0 aliphatic carbocycles. The van der Waals surface area contributed by atoms with Gasteiger partial charge < -0.3 is 11.1 Å². The van der Waals surface area contributed by atoms with Crippen LogP contribution in [0, 0.1) is 0 Å². The fraction of sp³-hybridized carbons (Fsp3) is 0.500. The maximum absolute atomic E-state index is 11.9. The maximum atomic E-state index is 11.9. The van der Waals surface area contributed by atoms with Gasteiger partial charge in [-0.2, -0.15) is 15.1 Å². The van der Waals surface area contributed by atoms with Crippen LogP contribution >= 0.6 is 0 Å². The van der Waals surface area contributed by atoms with Gasteiger partial charge in [0.05, 0.1) is 5.75 Å². The number of piperidine rings is 1. The molecule has 3 heterocycles. The van der Waals surface area contributed by atoms with E-state index < -0.39 is 10.0 Å². The summed E-state index contributed by atoms with van der Waals surface area (Å²) in [6.07, 6.45) is 4.88. The highest BCUT2D eigenvalue weighted by Gasteiger charge is 2.26. The fourth-order valence-electron chi connectivity index (χ4n) is 2.72. The van der Waals surface area contributed by atoms with Crippen LogP contribution in [0.5, 0.6) is 0 Å². The van der Waals surface area contributed by atoms with Crippen LogP contribution in [0.1, 0.15) is 19.8 Å². The predicted molar refractivity (Wildman–Crippen MR) is 91.2 cm³/mol. The lowest BCUT2D eigenvalue weighted by Crippen LogP contribution is -2.43. The van der Waals surface area contributed by atoms with Crippen LogP contribution in [-0.4, -0.2) is 57.4 Å². The Bertz CT molecular complexity index is 783. The molecule has 24 heavy (non-hydrogen) atoms. The molecule has 2 aromatic rings. The van der Waals surface area contributed by atoms with Crippen molar-refractivity contribution in [2.45, 2.75) is 25.8 Å². The molecule has 0 bridgehead atoms. The molecule has 2 aromatic heterocycles. The second-order valence-corrected chi connectivity index (χ2v) is 7.90. The lowest BCUT2D eigenvalue weighted by molar-refractivity contribution is 0.330. The quantitative estimate of drug-likeness (QED) is 0.803. The summed E-state index contributed by atoms with van der Waals surface area (Å²) in [5.74, 6) is 1.50. The van der Waals surface area contributed by atoms with Crippen molar-refractivity contribution in [3.8, 4) is 5.82 Å². The Hall–Kier alpha value is -2.20. The second kappa shape index (κ2) is 6.73. The van der Waals surface area contributed by atoms with E-state index in [1.54, 1.807) is 40.4 Å². The number of aromatic nitrogens is 4. The first kappa shape index (κ1) is 16.7. The first-order valence-corrected chi connectivity index (χ1v) is 9.48. The van der Waals surface area contributed by atoms with Crippen LogP contribution in [0.15, 0.2) is 24.5 Å². The standard InChI is InChI=1S/C14H21N7O2S/c1-2-24(22,23)20-8-4-11(5-9-20)17-12-10-13(19-14(15)18-12)21-7-3-6-16-21/h3,6-7,10-11H,2,4-5,8-9H2,1H3,(H3,15,17,18,19). The molecule has 0 amide bonds. The van der Waals surface area contributed by atoms with Crippen molar-refractivity contribution < 1.29 is 8.42 Å². The Morgan fingerprint density at radius 2 is 2.08 bits per heavy atom. The summed E-state index contributed by atoms with van der Waals surface area (Å²) in [5.41, 5.74) is 5.78. The van der Waals surface area contributed by atoms with Crippen molar-refractivity contribution in [2.75, 3.05) is 29.9 Å². The maximum Gasteiger partial charge on any atom is 0.224 e. The number of sulfonamides is 1. The van der Waals surface area contributed by atoms with Crippen molar-refractivity contribution in [1.82, 2.24) is 24.1 Å². The van der Waals surface area contributed by atoms with Gasteiger partial charge in [-0.3, -0.25) is 0 Å². The zero-order valence-electron chi connectivity index (χ0n) is 13.5. The number of anilines is 2. The third kappa shape index (κ3) is 3.65. The average Bonchev–Trinajstić information content (AvgIpc) is 3.09. The van der Waals surface area contributed by atoms with E-state index in [1.807, 2.05) is 0 Å². The van der Waals surface area contributed by atoms with Crippen LogP contribution in [0.25, 0.3) is 5.82 Å². The molecule has 0 radical (unpaired) electrons. The molecule has 1 aliphatic rings. The third-order valence-corrected chi connectivity index (χ3v) is 5.91. The molecule has 3 rings (SSSR count). The number of rotatable bonds is 5. The summed E-state index contributed by atoms with van der Waals surface area (Å²) in [4.78, 5) is 8.37. The minimum atomic E-state index is -3.11. The SMILES string of the molecule is CCS(=O)(=O)N1CCC(Nc2cc(-n3cccn3)nc(N)n2)CC1. The van der Waals surface area contributed by atoms with E-state index in [0.717, 1.165) is 12.8 Å². The van der Waals surface area contributed by atoms with Gasteiger partial charge in [0.15, 0.2) is 5.82 Å². The third-order valence-electron chi connectivity index (χ3n) is 4.03. The lowest BCUT2D eigenvalue weighted by atomic mass is 10.1. The summed E-state index contributed by atoms with van der Waals surface area (Å²) >= 11 is 0. The minimum Gasteiger partial charge on any atom is -0.368 e. The minimum absolute atomic E-state index is 0.140. The highest BCUT2D eigenvalue weighted by atomic mass is 32.2. The van der Waals surface area contributed by atoms with E-state index >= 15 is 0 Å². The van der Waals surface area contributed by atoms with Gasteiger partial charge in [0, 0.05) is 37.6 Å². The number of hydrogen-bond acceptors (Lipinski definition) is 7. The lowest BCUT2D eigenvalue weighted by Gasteiger charge is -2.31. The Kier molecular flexibility index (Phi) is 4.67. The van der Waals surface area contributed by atoms with E-state index in [2.05, 4.69) is 20.4 Å². The molecule has 1 saturated heterocycles. The Morgan fingerprint density at radius 1 is 1.33 bits per heavy atom. The Labute approximate surface area is 140 Å². The van der Waals surface area contributed by atoms with E-state index in [1.165, 1.54) is 0 Å². The topological polar surface area (TPSA) is 119 Å². The zero-order chi connectivity index (χ0) is 17.2. The number of nitrogens with two attached hydrogens (primary N) is 1. The van der Waals surface area contributed by atoms with Crippen molar-refractivity contribution in [2.24, 2.45) is 0 Å². The predicted octanol–water partition coefficient (Wildman–Crippen LogP) is 0.470. The summed E-state index contributed by atoms with van der Waals surface area (Å²) in [7, 11) is -3.11. The molecule has 0 saturated carbocycles. The molecular formula is C14H21N7O2S. The van der Waals surface area contributed by atoms with Crippen molar-refractivity contribution in [3.63, 3.8) is 0 Å². The highest BCUT2D eigenvalue weighted by molar-refractivity contribution is 7.89. The largest absolute Gasteiger partial charge is 0.368 e. The molecule has 3 N–H and O–H groups in total.